The van der Waals surface area contributed by atoms with Crippen LogP contribution in [0.2, 0.25) is 0 Å². The highest BCUT2D eigenvalue weighted by atomic mass is 16.5. The highest BCUT2D eigenvalue weighted by Gasteiger charge is 2.32. The zero-order chi connectivity index (χ0) is 25.7. The third-order valence-corrected chi connectivity index (χ3v) is 8.80. The third kappa shape index (κ3) is 15.7. The van der Waals surface area contributed by atoms with Crippen LogP contribution in [0.4, 0.5) is 0 Å². The molecule has 1 heterocycles. The number of hydrogen-bond donors (Lipinski definition) is 0. The molecule has 1 aliphatic heterocycles. The monoisotopic (exact) mass is 494 g/mol. The van der Waals surface area contributed by atoms with Gasteiger partial charge in [0.15, 0.2) is 0 Å². The number of unbranched alkanes of at least 4 members (excludes halogenated alkanes) is 9. The smallest absolute Gasteiger partial charge is 0.0604 e. The minimum Gasteiger partial charge on any atom is -0.378 e. The van der Waals surface area contributed by atoms with Gasteiger partial charge < -0.3 is 4.74 Å². The van der Waals surface area contributed by atoms with Crippen molar-refractivity contribution in [1.82, 2.24) is 4.90 Å². The standard InChI is InChI=1S/C33H67NO/c1-7-11-15-17-19-23-32(21-14-10-4)28-34-29(5)26-33(27-30(34)6)35-25-24-31(20-13-9-3)22-18-16-12-8-2/h29-33H,7-28H2,1-6H3/t29-,30+,31?,32?,33?. The van der Waals surface area contributed by atoms with E-state index in [0.29, 0.717) is 18.2 Å². The fraction of sp³-hybridized carbons (Fsp3) is 1.00. The minimum absolute atomic E-state index is 0.478. The van der Waals surface area contributed by atoms with Gasteiger partial charge >= 0.3 is 0 Å². The average molecular weight is 494 g/mol. The van der Waals surface area contributed by atoms with Crippen molar-refractivity contribution >= 4 is 0 Å². The quantitative estimate of drug-likeness (QED) is 0.131. The van der Waals surface area contributed by atoms with Crippen LogP contribution >= 0.6 is 0 Å². The summed E-state index contributed by atoms with van der Waals surface area (Å²) in [5, 5.41) is 0. The van der Waals surface area contributed by atoms with Gasteiger partial charge in [0.05, 0.1) is 6.10 Å². The van der Waals surface area contributed by atoms with E-state index in [1.54, 1.807) is 0 Å². The van der Waals surface area contributed by atoms with Crippen molar-refractivity contribution in [2.75, 3.05) is 13.2 Å². The van der Waals surface area contributed by atoms with Gasteiger partial charge in [0, 0.05) is 25.2 Å². The third-order valence-electron chi connectivity index (χ3n) is 8.80. The molecule has 0 aromatic heterocycles. The van der Waals surface area contributed by atoms with E-state index < -0.39 is 0 Å². The molecular formula is C33H67NO. The lowest BCUT2D eigenvalue weighted by Crippen LogP contribution is -2.50. The number of likely N-dealkylation sites (tertiary alicyclic amines) is 1. The SMILES string of the molecule is CCCCCCCC(CCCC)CN1[C@H](C)CC(OCCC(CCCC)CCCCCC)C[C@@H]1C. The molecule has 1 aliphatic rings. The van der Waals surface area contributed by atoms with Crippen molar-refractivity contribution in [1.29, 1.82) is 0 Å². The summed E-state index contributed by atoms with van der Waals surface area (Å²) in [4.78, 5) is 2.85. The van der Waals surface area contributed by atoms with Crippen LogP contribution in [0.3, 0.4) is 0 Å². The largest absolute Gasteiger partial charge is 0.378 e. The molecule has 0 aliphatic carbocycles. The number of hydrogen-bond acceptors (Lipinski definition) is 2. The summed E-state index contributed by atoms with van der Waals surface area (Å²) in [5.74, 6) is 1.78. The van der Waals surface area contributed by atoms with Gasteiger partial charge in [-0.2, -0.15) is 0 Å². The van der Waals surface area contributed by atoms with E-state index in [2.05, 4.69) is 46.4 Å². The number of piperidine rings is 1. The molecule has 1 saturated heterocycles. The topological polar surface area (TPSA) is 12.5 Å². The molecule has 0 saturated carbocycles. The molecule has 1 fully saturated rings. The zero-order valence-corrected chi connectivity index (χ0v) is 25.3. The number of rotatable bonds is 23. The summed E-state index contributed by atoms with van der Waals surface area (Å²) in [6, 6.07) is 1.33. The van der Waals surface area contributed by atoms with Gasteiger partial charge in [-0.3, -0.25) is 4.90 Å². The van der Waals surface area contributed by atoms with E-state index in [-0.39, 0.29) is 0 Å². The van der Waals surface area contributed by atoms with Crippen LogP contribution in [0, 0.1) is 11.8 Å². The predicted octanol–water partition coefficient (Wildman–Crippen LogP) is 10.6. The van der Waals surface area contributed by atoms with Crippen LogP contribution < -0.4 is 0 Å². The second-order valence-electron chi connectivity index (χ2n) is 12.2. The molecule has 2 nitrogen and oxygen atoms in total. The first-order chi connectivity index (χ1) is 17.0. The van der Waals surface area contributed by atoms with Gasteiger partial charge in [0.25, 0.3) is 0 Å². The number of nitrogens with zero attached hydrogens (tertiary/aromatic N) is 1. The van der Waals surface area contributed by atoms with Crippen LogP contribution in [0.15, 0.2) is 0 Å². The fourth-order valence-corrected chi connectivity index (χ4v) is 6.40. The Hall–Kier alpha value is -0.0800. The van der Waals surface area contributed by atoms with E-state index in [1.165, 1.54) is 135 Å². The van der Waals surface area contributed by atoms with E-state index in [0.717, 1.165) is 18.4 Å². The first-order valence-corrected chi connectivity index (χ1v) is 16.4. The molecule has 0 amide bonds. The Balaban J connectivity index is 2.44. The fourth-order valence-electron chi connectivity index (χ4n) is 6.40. The summed E-state index contributed by atoms with van der Waals surface area (Å²) in [7, 11) is 0. The molecule has 3 unspecified atom stereocenters. The van der Waals surface area contributed by atoms with E-state index >= 15 is 0 Å². The van der Waals surface area contributed by atoms with Crippen molar-refractivity contribution in [3.63, 3.8) is 0 Å². The van der Waals surface area contributed by atoms with Gasteiger partial charge in [-0.05, 0) is 57.8 Å². The Morgan fingerprint density at radius 1 is 0.571 bits per heavy atom. The molecule has 0 aromatic carbocycles. The second kappa shape index (κ2) is 22.0. The van der Waals surface area contributed by atoms with Gasteiger partial charge in [-0.1, -0.05) is 124 Å². The van der Waals surface area contributed by atoms with Crippen LogP contribution in [-0.4, -0.2) is 36.2 Å². The van der Waals surface area contributed by atoms with Gasteiger partial charge in [-0.25, -0.2) is 0 Å². The van der Waals surface area contributed by atoms with Crippen LogP contribution in [0.1, 0.15) is 170 Å². The summed E-state index contributed by atoms with van der Waals surface area (Å²) in [6.07, 6.45) is 28.1. The molecule has 1 rings (SSSR count). The molecule has 0 radical (unpaired) electrons. The maximum atomic E-state index is 6.56. The Morgan fingerprint density at radius 3 is 1.60 bits per heavy atom. The van der Waals surface area contributed by atoms with Crippen molar-refractivity contribution in [2.24, 2.45) is 11.8 Å². The van der Waals surface area contributed by atoms with Gasteiger partial charge in [0.1, 0.15) is 0 Å². The first-order valence-electron chi connectivity index (χ1n) is 16.4. The molecule has 210 valence electrons. The Labute approximate surface area is 222 Å². The van der Waals surface area contributed by atoms with Crippen molar-refractivity contribution in [2.45, 2.75) is 188 Å². The van der Waals surface area contributed by atoms with Crippen LogP contribution in [0.5, 0.6) is 0 Å². The highest BCUT2D eigenvalue weighted by Crippen LogP contribution is 2.29. The van der Waals surface area contributed by atoms with Gasteiger partial charge in [0.2, 0.25) is 0 Å². The lowest BCUT2D eigenvalue weighted by atomic mass is 9.89. The molecule has 0 aromatic rings. The van der Waals surface area contributed by atoms with E-state index in [9.17, 15) is 0 Å². The summed E-state index contributed by atoms with van der Waals surface area (Å²) < 4.78 is 6.56. The van der Waals surface area contributed by atoms with Crippen LogP contribution in [0.25, 0.3) is 0 Å². The molecule has 2 heteroatoms. The average Bonchev–Trinajstić information content (AvgIpc) is 2.84. The first kappa shape index (κ1) is 32.9. The molecule has 0 spiro atoms. The minimum atomic E-state index is 0.478. The Bertz CT molecular complexity index is 440. The van der Waals surface area contributed by atoms with E-state index in [4.69, 9.17) is 4.74 Å². The summed E-state index contributed by atoms with van der Waals surface area (Å²) in [6.45, 7) is 16.6. The maximum absolute atomic E-state index is 6.56. The molecular weight excluding hydrogens is 426 g/mol. The Kier molecular flexibility index (Phi) is 20.7. The lowest BCUT2D eigenvalue weighted by molar-refractivity contribution is -0.0427. The van der Waals surface area contributed by atoms with Crippen molar-refractivity contribution in [3.8, 4) is 0 Å². The highest BCUT2D eigenvalue weighted by molar-refractivity contribution is 4.86. The van der Waals surface area contributed by atoms with Crippen molar-refractivity contribution < 1.29 is 4.74 Å². The molecule has 5 atom stereocenters. The van der Waals surface area contributed by atoms with Gasteiger partial charge in [-0.15, -0.1) is 0 Å². The zero-order valence-electron chi connectivity index (χ0n) is 25.3. The summed E-state index contributed by atoms with van der Waals surface area (Å²) in [5.41, 5.74) is 0. The molecule has 0 bridgehead atoms. The molecule has 35 heavy (non-hydrogen) atoms. The normalized spacial score (nSPS) is 23.0. The summed E-state index contributed by atoms with van der Waals surface area (Å²) >= 11 is 0. The van der Waals surface area contributed by atoms with E-state index in [1.807, 2.05) is 0 Å². The second-order valence-corrected chi connectivity index (χ2v) is 12.2. The number of ether oxygens (including phenoxy) is 1. The molecule has 0 N–H and O–H groups in total. The Morgan fingerprint density at radius 2 is 1.03 bits per heavy atom. The predicted molar refractivity (Wildman–Crippen MR) is 157 cm³/mol. The van der Waals surface area contributed by atoms with Crippen molar-refractivity contribution in [3.05, 3.63) is 0 Å². The maximum Gasteiger partial charge on any atom is 0.0604 e. The lowest BCUT2D eigenvalue weighted by Gasteiger charge is -2.44. The van der Waals surface area contributed by atoms with Crippen LogP contribution in [-0.2, 0) is 4.74 Å².